The molecule has 4 heteroatoms. The summed E-state index contributed by atoms with van der Waals surface area (Å²) in [5.41, 5.74) is 1.22. The Labute approximate surface area is 140 Å². The lowest BCUT2D eigenvalue weighted by Gasteiger charge is -2.29. The highest BCUT2D eigenvalue weighted by Crippen LogP contribution is 2.11. The van der Waals surface area contributed by atoms with E-state index in [0.717, 1.165) is 26.2 Å². The summed E-state index contributed by atoms with van der Waals surface area (Å²) in [5, 5.41) is 0. The molecule has 128 valence electrons. The summed E-state index contributed by atoms with van der Waals surface area (Å²) >= 11 is 0. The number of nitrogens with zero attached hydrogens (tertiary/aromatic N) is 3. The van der Waals surface area contributed by atoms with Crippen molar-refractivity contribution in [2.75, 3.05) is 52.4 Å². The van der Waals surface area contributed by atoms with Gasteiger partial charge >= 0.3 is 0 Å². The van der Waals surface area contributed by atoms with E-state index < -0.39 is 0 Å². The average Bonchev–Trinajstić information content (AvgIpc) is 2.81. The molecule has 3 rings (SSSR count). The van der Waals surface area contributed by atoms with Crippen LogP contribution in [0.4, 0.5) is 4.39 Å². The monoisotopic (exact) mass is 319 g/mol. The Morgan fingerprint density at radius 1 is 0.652 bits per heavy atom. The van der Waals surface area contributed by atoms with Crippen molar-refractivity contribution < 1.29 is 4.39 Å². The first-order valence-electron chi connectivity index (χ1n) is 9.21. The van der Waals surface area contributed by atoms with Crippen LogP contribution >= 0.6 is 0 Å². The Kier molecular flexibility index (Phi) is 6.43. The van der Waals surface area contributed by atoms with Gasteiger partial charge in [0.2, 0.25) is 0 Å². The molecule has 0 atom stereocenters. The van der Waals surface area contributed by atoms with E-state index in [1.54, 1.807) is 12.1 Å². The molecule has 0 amide bonds. The van der Waals surface area contributed by atoms with Gasteiger partial charge in [-0.15, -0.1) is 0 Å². The van der Waals surface area contributed by atoms with Gasteiger partial charge in [0.05, 0.1) is 0 Å². The number of rotatable bonds is 5. The van der Waals surface area contributed by atoms with E-state index in [0.29, 0.717) is 0 Å². The minimum absolute atomic E-state index is 0.145. The molecule has 0 spiro atoms. The van der Waals surface area contributed by atoms with Crippen molar-refractivity contribution >= 4 is 0 Å². The molecule has 0 aromatic heterocycles. The Bertz CT molecular complexity index is 456. The molecule has 2 aliphatic heterocycles. The van der Waals surface area contributed by atoms with Gasteiger partial charge in [-0.3, -0.25) is 4.90 Å². The first-order chi connectivity index (χ1) is 11.3. The summed E-state index contributed by atoms with van der Waals surface area (Å²) in [6.45, 7) is 10.6. The molecule has 2 aliphatic rings. The summed E-state index contributed by atoms with van der Waals surface area (Å²) in [6.07, 6.45) is 5.41. The van der Waals surface area contributed by atoms with Crippen LogP contribution in [0, 0.1) is 5.82 Å². The molecule has 3 nitrogen and oxygen atoms in total. The van der Waals surface area contributed by atoms with Crippen molar-refractivity contribution in [2.24, 2.45) is 0 Å². The second-order valence-corrected chi connectivity index (χ2v) is 7.00. The molecule has 1 aromatic carbocycles. The highest BCUT2D eigenvalue weighted by Gasteiger charge is 2.16. The van der Waals surface area contributed by atoms with Gasteiger partial charge in [-0.1, -0.05) is 18.6 Å². The Morgan fingerprint density at radius 2 is 1.22 bits per heavy atom. The fourth-order valence-electron chi connectivity index (χ4n) is 3.72. The second kappa shape index (κ2) is 8.76. The van der Waals surface area contributed by atoms with E-state index >= 15 is 0 Å². The molecule has 1 aromatic rings. The summed E-state index contributed by atoms with van der Waals surface area (Å²) in [5.74, 6) is -0.145. The Balaban J connectivity index is 1.40. The van der Waals surface area contributed by atoms with Crippen molar-refractivity contribution in [3.05, 3.63) is 35.6 Å². The number of hydrogen-bond donors (Lipinski definition) is 0. The molecule has 0 aliphatic carbocycles. The minimum atomic E-state index is -0.145. The van der Waals surface area contributed by atoms with Gasteiger partial charge in [-0.25, -0.2) is 4.39 Å². The third-order valence-corrected chi connectivity index (χ3v) is 5.18. The van der Waals surface area contributed by atoms with Crippen LogP contribution in [0.5, 0.6) is 0 Å². The molecule has 0 saturated carbocycles. The van der Waals surface area contributed by atoms with Crippen LogP contribution in [0.1, 0.15) is 31.2 Å². The summed E-state index contributed by atoms with van der Waals surface area (Å²) < 4.78 is 13.0. The van der Waals surface area contributed by atoms with Gasteiger partial charge in [0.25, 0.3) is 0 Å². The summed E-state index contributed by atoms with van der Waals surface area (Å²) in [7, 11) is 0. The van der Waals surface area contributed by atoms with Crippen molar-refractivity contribution in [3.8, 4) is 0 Å². The van der Waals surface area contributed by atoms with Crippen LogP contribution < -0.4 is 0 Å². The maximum absolute atomic E-state index is 13.0. The van der Waals surface area contributed by atoms with E-state index in [9.17, 15) is 4.39 Å². The molecule has 0 radical (unpaired) electrons. The smallest absolute Gasteiger partial charge is 0.123 e. The summed E-state index contributed by atoms with van der Waals surface area (Å²) in [6, 6.07) is 6.96. The van der Waals surface area contributed by atoms with Crippen LogP contribution in [-0.4, -0.2) is 67.1 Å². The van der Waals surface area contributed by atoms with E-state index in [2.05, 4.69) is 14.7 Å². The number of halogens is 1. The van der Waals surface area contributed by atoms with Crippen molar-refractivity contribution in [1.29, 1.82) is 0 Å². The predicted octanol–water partition coefficient (Wildman–Crippen LogP) is 2.82. The van der Waals surface area contributed by atoms with E-state index in [1.165, 1.54) is 64.0 Å². The number of hydrogen-bond acceptors (Lipinski definition) is 3. The van der Waals surface area contributed by atoms with E-state index in [4.69, 9.17) is 0 Å². The third-order valence-electron chi connectivity index (χ3n) is 5.18. The fourth-order valence-corrected chi connectivity index (χ4v) is 3.72. The Morgan fingerprint density at radius 3 is 1.96 bits per heavy atom. The predicted molar refractivity (Wildman–Crippen MR) is 93.0 cm³/mol. The largest absolute Gasteiger partial charge is 0.302 e. The number of piperidine rings is 1. The van der Waals surface area contributed by atoms with Crippen molar-refractivity contribution in [3.63, 3.8) is 0 Å². The van der Waals surface area contributed by atoms with Gasteiger partial charge in [-0.2, -0.15) is 0 Å². The first kappa shape index (κ1) is 16.9. The molecule has 2 saturated heterocycles. The lowest BCUT2D eigenvalue weighted by molar-refractivity contribution is 0.182. The van der Waals surface area contributed by atoms with E-state index in [1.807, 2.05) is 12.1 Å². The number of benzene rings is 1. The molecule has 0 bridgehead atoms. The van der Waals surface area contributed by atoms with Crippen LogP contribution in [0.15, 0.2) is 24.3 Å². The lowest BCUT2D eigenvalue weighted by atomic mass is 10.1. The van der Waals surface area contributed by atoms with Gasteiger partial charge < -0.3 is 9.80 Å². The topological polar surface area (TPSA) is 9.72 Å². The van der Waals surface area contributed by atoms with Crippen LogP contribution in [0.3, 0.4) is 0 Å². The number of likely N-dealkylation sites (tertiary alicyclic amines) is 1. The normalized spacial score (nSPS) is 22.1. The molecule has 23 heavy (non-hydrogen) atoms. The highest BCUT2D eigenvalue weighted by molar-refractivity contribution is 5.15. The summed E-state index contributed by atoms with van der Waals surface area (Å²) in [4.78, 5) is 7.76. The van der Waals surface area contributed by atoms with Gasteiger partial charge in [0.15, 0.2) is 0 Å². The first-order valence-corrected chi connectivity index (χ1v) is 9.21. The maximum atomic E-state index is 13.0. The van der Waals surface area contributed by atoms with Gasteiger partial charge in [-0.05, 0) is 63.1 Å². The lowest BCUT2D eigenvalue weighted by Crippen LogP contribution is -2.39. The van der Waals surface area contributed by atoms with Gasteiger partial charge in [0.1, 0.15) is 5.82 Å². The van der Waals surface area contributed by atoms with Crippen LogP contribution in [0.2, 0.25) is 0 Å². The molecule has 2 heterocycles. The molecule has 0 N–H and O–H groups in total. The molecule has 2 fully saturated rings. The third kappa shape index (κ3) is 5.55. The maximum Gasteiger partial charge on any atom is 0.123 e. The molecular formula is C19H30FN3. The average molecular weight is 319 g/mol. The fraction of sp³-hybridized carbons (Fsp3) is 0.684. The molecule has 0 unspecified atom stereocenters. The quantitative estimate of drug-likeness (QED) is 0.826. The highest BCUT2D eigenvalue weighted by atomic mass is 19.1. The minimum Gasteiger partial charge on any atom is -0.302 e. The second-order valence-electron chi connectivity index (χ2n) is 7.00. The standard InChI is InChI=1S/C19H30FN3/c20-19-7-5-18(6-8-19)17-23-12-4-11-22(15-16-23)14-13-21-9-2-1-3-10-21/h5-8H,1-4,9-17H2. The van der Waals surface area contributed by atoms with Crippen LogP contribution in [0.25, 0.3) is 0 Å². The van der Waals surface area contributed by atoms with Crippen molar-refractivity contribution in [1.82, 2.24) is 14.7 Å². The zero-order valence-corrected chi connectivity index (χ0v) is 14.2. The van der Waals surface area contributed by atoms with Gasteiger partial charge in [0, 0.05) is 32.7 Å². The van der Waals surface area contributed by atoms with Crippen LogP contribution in [-0.2, 0) is 6.54 Å². The Hall–Kier alpha value is -0.970. The SMILES string of the molecule is Fc1ccc(CN2CCCN(CCN3CCCCC3)CC2)cc1. The zero-order valence-electron chi connectivity index (χ0n) is 14.2. The molecular weight excluding hydrogens is 289 g/mol. The van der Waals surface area contributed by atoms with E-state index in [-0.39, 0.29) is 5.82 Å². The zero-order chi connectivity index (χ0) is 15.9. The van der Waals surface area contributed by atoms with Crippen molar-refractivity contribution in [2.45, 2.75) is 32.2 Å².